The first kappa shape index (κ1) is 26.6. The maximum Gasteiger partial charge on any atom is 0.534 e. The number of halogens is 4. The van der Waals surface area contributed by atoms with Gasteiger partial charge in [0.2, 0.25) is 0 Å². The second-order valence-corrected chi connectivity index (χ2v) is 10.4. The van der Waals surface area contributed by atoms with Crippen molar-refractivity contribution in [2.45, 2.75) is 18.3 Å². The van der Waals surface area contributed by atoms with Gasteiger partial charge in [-0.1, -0.05) is 49.1 Å². The van der Waals surface area contributed by atoms with Crippen molar-refractivity contribution in [1.29, 1.82) is 0 Å². The molecule has 1 unspecified atom stereocenters. The standard InChI is InChI=1S/C23H21F3IO5PS/c1-3-5-15(6-4-2)20-14-30-21-13-18(31-33-27)11-12-19(21)22(20)16-7-9-17(10-8-16)32-34(28,29)23(24,25)26/h3-13,20,22,33H,1,14H2,2H3/b6-4-,15-5+/t20-,22-/m1/s1. The predicted octanol–water partition coefficient (Wildman–Crippen LogP) is 7.07. The van der Waals surface area contributed by atoms with Gasteiger partial charge in [0.05, 0.1) is 6.61 Å². The van der Waals surface area contributed by atoms with Gasteiger partial charge in [0.15, 0.2) is 0 Å². The molecule has 182 valence electrons. The van der Waals surface area contributed by atoms with Crippen LogP contribution >= 0.6 is 28.5 Å². The monoisotopic (exact) mass is 624 g/mol. The van der Waals surface area contributed by atoms with Crippen LogP contribution in [0.3, 0.4) is 0 Å². The molecule has 3 atom stereocenters. The second-order valence-electron chi connectivity index (χ2n) is 7.23. The van der Waals surface area contributed by atoms with Gasteiger partial charge >= 0.3 is 15.6 Å². The summed E-state index contributed by atoms with van der Waals surface area (Å²) in [7, 11) is -5.75. The third-order valence-corrected chi connectivity index (χ3v) is 7.08. The topological polar surface area (TPSA) is 61.8 Å². The molecule has 3 rings (SSSR count). The first-order valence-corrected chi connectivity index (χ1v) is 15.4. The molecule has 0 radical (unpaired) electrons. The van der Waals surface area contributed by atoms with E-state index in [0.29, 0.717) is 18.1 Å². The Morgan fingerprint density at radius 2 is 1.88 bits per heavy atom. The third kappa shape index (κ3) is 5.95. The highest BCUT2D eigenvalue weighted by Gasteiger charge is 2.48. The number of alkyl halides is 3. The first-order valence-electron chi connectivity index (χ1n) is 9.96. The predicted molar refractivity (Wildman–Crippen MR) is 135 cm³/mol. The molecule has 0 saturated heterocycles. The number of fused-ring (bicyclic) bond motifs is 1. The molecule has 0 spiro atoms. The largest absolute Gasteiger partial charge is 0.534 e. The van der Waals surface area contributed by atoms with E-state index >= 15 is 0 Å². The zero-order chi connectivity index (χ0) is 24.9. The average Bonchev–Trinajstić information content (AvgIpc) is 2.78. The van der Waals surface area contributed by atoms with E-state index in [2.05, 4.69) is 32.8 Å². The van der Waals surface area contributed by atoms with E-state index in [1.165, 1.54) is 12.1 Å². The van der Waals surface area contributed by atoms with Crippen molar-refractivity contribution >= 4 is 38.6 Å². The zero-order valence-corrected chi connectivity index (χ0v) is 21.9. The smallest absolute Gasteiger partial charge is 0.492 e. The molecule has 0 fully saturated rings. The second kappa shape index (κ2) is 11.1. The molecule has 2 aromatic rings. The minimum atomic E-state index is -5.75. The number of hydrogen-bond donors (Lipinski definition) is 0. The average molecular weight is 624 g/mol. The summed E-state index contributed by atoms with van der Waals surface area (Å²) in [5.41, 5.74) is -2.92. The molecule has 1 aliphatic rings. The minimum absolute atomic E-state index is 0.134. The Hall–Kier alpha value is -2.04. The van der Waals surface area contributed by atoms with Crippen LogP contribution in [0.4, 0.5) is 13.2 Å². The van der Waals surface area contributed by atoms with Gasteiger partial charge in [0.25, 0.3) is 0 Å². The van der Waals surface area contributed by atoms with Gasteiger partial charge in [0.1, 0.15) is 23.7 Å². The van der Waals surface area contributed by atoms with Gasteiger partial charge in [-0.05, 0) is 58.3 Å². The summed E-state index contributed by atoms with van der Waals surface area (Å²) in [6.07, 6.45) is 7.42. The van der Waals surface area contributed by atoms with Crippen LogP contribution in [-0.4, -0.2) is 20.5 Å². The number of benzene rings is 2. The van der Waals surface area contributed by atoms with Crippen LogP contribution in [0.15, 0.2) is 78.9 Å². The lowest BCUT2D eigenvalue weighted by molar-refractivity contribution is -0.0500. The number of ether oxygens (including phenoxy) is 1. The Morgan fingerprint density at radius 3 is 2.47 bits per heavy atom. The third-order valence-electron chi connectivity index (χ3n) is 5.12. The molecule has 2 aromatic carbocycles. The molecule has 0 bridgehead atoms. The molecule has 0 aromatic heterocycles. The molecular weight excluding hydrogens is 603 g/mol. The lowest BCUT2D eigenvalue weighted by Crippen LogP contribution is -2.28. The van der Waals surface area contributed by atoms with Crippen molar-refractivity contribution in [3.63, 3.8) is 0 Å². The van der Waals surface area contributed by atoms with Gasteiger partial charge in [-0.3, -0.25) is 0 Å². The summed E-state index contributed by atoms with van der Waals surface area (Å²) >= 11 is 2.12. The fourth-order valence-electron chi connectivity index (χ4n) is 3.73. The Morgan fingerprint density at radius 1 is 1.21 bits per heavy atom. The summed E-state index contributed by atoms with van der Waals surface area (Å²) in [5, 5.41) is 0. The van der Waals surface area contributed by atoms with Crippen LogP contribution in [0.1, 0.15) is 24.0 Å². The van der Waals surface area contributed by atoms with Crippen molar-refractivity contribution in [2.75, 3.05) is 6.61 Å². The van der Waals surface area contributed by atoms with E-state index in [9.17, 15) is 21.6 Å². The van der Waals surface area contributed by atoms with Gasteiger partial charge in [0, 0.05) is 23.5 Å². The summed E-state index contributed by atoms with van der Waals surface area (Å²) in [4.78, 5) is 0. The van der Waals surface area contributed by atoms with E-state index < -0.39 is 21.4 Å². The summed E-state index contributed by atoms with van der Waals surface area (Å²) in [6.45, 7) is 6.26. The Kier molecular flexibility index (Phi) is 8.70. The van der Waals surface area contributed by atoms with Gasteiger partial charge < -0.3 is 13.4 Å². The van der Waals surface area contributed by atoms with Crippen molar-refractivity contribution < 1.29 is 35.0 Å². The zero-order valence-electron chi connectivity index (χ0n) is 17.9. The van der Waals surface area contributed by atoms with Gasteiger partial charge in [-0.25, -0.2) is 0 Å². The van der Waals surface area contributed by atoms with Crippen LogP contribution in [0.5, 0.6) is 17.2 Å². The van der Waals surface area contributed by atoms with E-state index in [4.69, 9.17) is 9.26 Å². The van der Waals surface area contributed by atoms with Crippen molar-refractivity contribution in [3.05, 3.63) is 90.0 Å². The fourth-order valence-corrected chi connectivity index (χ4v) is 5.17. The normalized spacial score (nSPS) is 19.1. The highest BCUT2D eigenvalue weighted by Crippen LogP contribution is 2.46. The highest BCUT2D eigenvalue weighted by molar-refractivity contribution is 14.2. The molecule has 1 aliphatic heterocycles. The first-order chi connectivity index (χ1) is 16.1. The molecule has 0 N–H and O–H groups in total. The molecule has 1 heterocycles. The lowest BCUT2D eigenvalue weighted by Gasteiger charge is -2.35. The summed E-state index contributed by atoms with van der Waals surface area (Å²) < 4.78 is 76.6. The molecular formula is C23H21F3IO5PS. The van der Waals surface area contributed by atoms with Crippen LogP contribution in [-0.2, 0) is 10.1 Å². The molecule has 0 aliphatic carbocycles. The van der Waals surface area contributed by atoms with E-state index in [1.54, 1.807) is 18.2 Å². The summed E-state index contributed by atoms with van der Waals surface area (Å²) in [5.74, 6) is 0.528. The number of hydrogen-bond acceptors (Lipinski definition) is 5. The van der Waals surface area contributed by atoms with Crippen LogP contribution in [0, 0.1) is 5.92 Å². The fraction of sp³-hybridized carbons (Fsp3) is 0.217. The highest BCUT2D eigenvalue weighted by atomic mass is 127. The molecule has 0 amide bonds. The maximum absolute atomic E-state index is 12.7. The Bertz CT molecular complexity index is 1190. The summed E-state index contributed by atoms with van der Waals surface area (Å²) in [6, 6.07) is 11.1. The molecule has 34 heavy (non-hydrogen) atoms. The lowest BCUT2D eigenvalue weighted by atomic mass is 9.75. The van der Waals surface area contributed by atoms with E-state index in [1.807, 2.05) is 43.4 Å². The van der Waals surface area contributed by atoms with Crippen LogP contribution in [0.25, 0.3) is 0 Å². The molecule has 11 heteroatoms. The molecule has 5 nitrogen and oxygen atoms in total. The number of rotatable bonds is 8. The Labute approximate surface area is 211 Å². The van der Waals surface area contributed by atoms with E-state index in [0.717, 1.165) is 16.7 Å². The Balaban J connectivity index is 2.05. The van der Waals surface area contributed by atoms with Crippen molar-refractivity contribution in [2.24, 2.45) is 5.92 Å². The van der Waals surface area contributed by atoms with Crippen molar-refractivity contribution in [1.82, 2.24) is 0 Å². The van der Waals surface area contributed by atoms with E-state index in [-0.39, 0.29) is 18.3 Å². The minimum Gasteiger partial charge on any atom is -0.492 e. The van der Waals surface area contributed by atoms with Crippen molar-refractivity contribution in [3.8, 4) is 17.2 Å². The quantitative estimate of drug-likeness (QED) is 0.104. The van der Waals surface area contributed by atoms with Crippen LogP contribution in [0.2, 0.25) is 0 Å². The van der Waals surface area contributed by atoms with Gasteiger partial charge in [-0.2, -0.15) is 21.6 Å². The van der Waals surface area contributed by atoms with Crippen LogP contribution < -0.4 is 13.4 Å². The molecule has 0 saturated carbocycles. The SMILES string of the molecule is C=C/C=C(\C=C/C)[C@H]1COc2cc(OPI)ccc2[C@H]1c1ccc(OS(=O)(=O)C(F)(F)F)cc1. The number of allylic oxidation sites excluding steroid dienone is 4. The van der Waals surface area contributed by atoms with Gasteiger partial charge in [-0.15, -0.1) is 0 Å². The maximum atomic E-state index is 12.7.